The van der Waals surface area contributed by atoms with E-state index in [1.165, 1.54) is 36.9 Å². The molecule has 0 aliphatic heterocycles. The first kappa shape index (κ1) is 10.7. The molecule has 1 heterocycles. The molecule has 1 aromatic rings. The van der Waals surface area contributed by atoms with Gasteiger partial charge >= 0.3 is 0 Å². The highest BCUT2D eigenvalue weighted by Crippen LogP contribution is 2.35. The number of aromatic nitrogens is 2. The Kier molecular flexibility index (Phi) is 3.10. The van der Waals surface area contributed by atoms with Gasteiger partial charge in [-0.15, -0.1) is 0 Å². The molecule has 84 valence electrons. The van der Waals surface area contributed by atoms with Crippen molar-refractivity contribution in [3.05, 3.63) is 17.5 Å². The van der Waals surface area contributed by atoms with E-state index >= 15 is 0 Å². The van der Waals surface area contributed by atoms with Crippen LogP contribution in [0.5, 0.6) is 0 Å². The predicted molar refractivity (Wildman–Crippen MR) is 61.8 cm³/mol. The minimum absolute atomic E-state index is 0.208. The van der Waals surface area contributed by atoms with Crippen molar-refractivity contribution in [2.24, 2.45) is 12.8 Å². The average molecular weight is 207 g/mol. The molecule has 0 radical (unpaired) electrons. The van der Waals surface area contributed by atoms with Gasteiger partial charge in [0.2, 0.25) is 0 Å². The van der Waals surface area contributed by atoms with Gasteiger partial charge in [-0.2, -0.15) is 5.10 Å². The Balaban J connectivity index is 2.20. The van der Waals surface area contributed by atoms with Crippen molar-refractivity contribution < 1.29 is 0 Å². The van der Waals surface area contributed by atoms with Crippen LogP contribution in [0, 0.1) is 0 Å². The van der Waals surface area contributed by atoms with Crippen LogP contribution in [0.3, 0.4) is 0 Å². The summed E-state index contributed by atoms with van der Waals surface area (Å²) in [6, 6.07) is 0.208. The van der Waals surface area contributed by atoms with Crippen molar-refractivity contribution in [2.75, 3.05) is 0 Å². The summed E-state index contributed by atoms with van der Waals surface area (Å²) in [6.07, 6.45) is 8.50. The lowest BCUT2D eigenvalue weighted by atomic mass is 9.96. The second-order valence-electron chi connectivity index (χ2n) is 4.87. The highest BCUT2D eigenvalue weighted by atomic mass is 15.3. The van der Waals surface area contributed by atoms with Crippen molar-refractivity contribution >= 4 is 0 Å². The standard InChI is InChI=1S/C12H21N3/c1-9(13)7-12-11(8-15(2)14-12)10-5-3-4-6-10/h8-10H,3-7,13H2,1-2H3. The normalized spacial score (nSPS) is 19.7. The smallest absolute Gasteiger partial charge is 0.0674 e. The largest absolute Gasteiger partial charge is 0.328 e. The summed E-state index contributed by atoms with van der Waals surface area (Å²) in [4.78, 5) is 0. The van der Waals surface area contributed by atoms with Gasteiger partial charge in [0.05, 0.1) is 5.69 Å². The zero-order chi connectivity index (χ0) is 10.8. The first-order valence-electron chi connectivity index (χ1n) is 5.95. The van der Waals surface area contributed by atoms with Crippen LogP contribution in [0.15, 0.2) is 6.20 Å². The van der Waals surface area contributed by atoms with E-state index in [0.717, 1.165) is 12.3 Å². The lowest BCUT2D eigenvalue weighted by Gasteiger charge is -2.10. The van der Waals surface area contributed by atoms with E-state index in [2.05, 4.69) is 11.3 Å². The molecule has 1 aliphatic carbocycles. The molecule has 2 rings (SSSR count). The Morgan fingerprint density at radius 3 is 2.80 bits per heavy atom. The van der Waals surface area contributed by atoms with Crippen LogP contribution in [-0.2, 0) is 13.5 Å². The van der Waals surface area contributed by atoms with Crippen LogP contribution >= 0.6 is 0 Å². The van der Waals surface area contributed by atoms with Gasteiger partial charge in [0.25, 0.3) is 0 Å². The molecule has 1 unspecified atom stereocenters. The molecule has 3 heteroatoms. The summed E-state index contributed by atoms with van der Waals surface area (Å²) in [5.74, 6) is 0.743. The highest BCUT2D eigenvalue weighted by molar-refractivity contribution is 5.23. The van der Waals surface area contributed by atoms with Crippen LogP contribution in [0.1, 0.15) is 49.8 Å². The van der Waals surface area contributed by atoms with Crippen molar-refractivity contribution in [3.63, 3.8) is 0 Å². The third-order valence-electron chi connectivity index (χ3n) is 3.25. The molecular formula is C12H21N3. The Morgan fingerprint density at radius 2 is 2.20 bits per heavy atom. The molecule has 1 fully saturated rings. The van der Waals surface area contributed by atoms with E-state index in [9.17, 15) is 0 Å². The first-order valence-corrected chi connectivity index (χ1v) is 5.95. The molecule has 1 aliphatic rings. The Labute approximate surface area is 91.7 Å². The van der Waals surface area contributed by atoms with Crippen molar-refractivity contribution in [2.45, 2.75) is 51.0 Å². The third-order valence-corrected chi connectivity index (χ3v) is 3.25. The zero-order valence-corrected chi connectivity index (χ0v) is 9.74. The maximum absolute atomic E-state index is 5.85. The van der Waals surface area contributed by atoms with E-state index in [1.807, 2.05) is 18.7 Å². The fourth-order valence-corrected chi connectivity index (χ4v) is 2.59. The molecule has 0 aromatic carbocycles. The fraction of sp³-hybridized carbons (Fsp3) is 0.750. The molecule has 0 amide bonds. The maximum Gasteiger partial charge on any atom is 0.0674 e. The van der Waals surface area contributed by atoms with Crippen molar-refractivity contribution in [1.29, 1.82) is 0 Å². The number of nitrogens with two attached hydrogens (primary N) is 1. The van der Waals surface area contributed by atoms with Crippen LogP contribution in [0.4, 0.5) is 0 Å². The van der Waals surface area contributed by atoms with Crippen LogP contribution in [0.25, 0.3) is 0 Å². The summed E-state index contributed by atoms with van der Waals surface area (Å²) in [5.41, 5.74) is 8.52. The molecule has 0 bridgehead atoms. The first-order chi connectivity index (χ1) is 7.16. The molecule has 1 atom stereocenters. The molecule has 3 nitrogen and oxygen atoms in total. The number of aryl methyl sites for hydroxylation is 1. The average Bonchev–Trinajstić information content (AvgIpc) is 2.72. The number of rotatable bonds is 3. The quantitative estimate of drug-likeness (QED) is 0.823. The molecule has 1 saturated carbocycles. The summed E-state index contributed by atoms with van der Waals surface area (Å²) in [5, 5.41) is 4.53. The molecule has 2 N–H and O–H groups in total. The van der Waals surface area contributed by atoms with Gasteiger partial charge in [-0.25, -0.2) is 0 Å². The van der Waals surface area contributed by atoms with E-state index in [0.29, 0.717) is 0 Å². The molecule has 0 saturated heterocycles. The highest BCUT2D eigenvalue weighted by Gasteiger charge is 2.22. The summed E-state index contributed by atoms with van der Waals surface area (Å²) in [7, 11) is 2.00. The minimum atomic E-state index is 0.208. The fourth-order valence-electron chi connectivity index (χ4n) is 2.59. The molecular weight excluding hydrogens is 186 g/mol. The van der Waals surface area contributed by atoms with Gasteiger partial charge in [0.1, 0.15) is 0 Å². The lowest BCUT2D eigenvalue weighted by molar-refractivity contribution is 0.668. The summed E-state index contributed by atoms with van der Waals surface area (Å²) < 4.78 is 1.94. The summed E-state index contributed by atoms with van der Waals surface area (Å²) >= 11 is 0. The topological polar surface area (TPSA) is 43.8 Å². The number of hydrogen-bond acceptors (Lipinski definition) is 2. The van der Waals surface area contributed by atoms with E-state index in [4.69, 9.17) is 5.73 Å². The Bertz CT molecular complexity index is 322. The maximum atomic E-state index is 5.85. The SMILES string of the molecule is CC(N)Cc1nn(C)cc1C1CCCC1. The van der Waals surface area contributed by atoms with Gasteiger partial charge in [-0.1, -0.05) is 12.8 Å². The predicted octanol–water partition coefficient (Wildman–Crippen LogP) is 1.97. The third kappa shape index (κ3) is 2.40. The number of hydrogen-bond donors (Lipinski definition) is 1. The van der Waals surface area contributed by atoms with Gasteiger partial charge in [0.15, 0.2) is 0 Å². The number of nitrogens with zero attached hydrogens (tertiary/aromatic N) is 2. The zero-order valence-electron chi connectivity index (χ0n) is 9.74. The Hall–Kier alpha value is -0.830. The van der Waals surface area contributed by atoms with E-state index in [1.54, 1.807) is 0 Å². The molecule has 15 heavy (non-hydrogen) atoms. The van der Waals surface area contributed by atoms with Gasteiger partial charge in [-0.3, -0.25) is 4.68 Å². The van der Waals surface area contributed by atoms with Gasteiger partial charge in [-0.05, 0) is 31.2 Å². The van der Waals surface area contributed by atoms with E-state index < -0.39 is 0 Å². The van der Waals surface area contributed by atoms with Crippen LogP contribution in [0.2, 0.25) is 0 Å². The lowest BCUT2D eigenvalue weighted by Crippen LogP contribution is -2.19. The molecule has 0 spiro atoms. The summed E-state index contributed by atoms with van der Waals surface area (Å²) in [6.45, 7) is 2.05. The van der Waals surface area contributed by atoms with Crippen LogP contribution in [-0.4, -0.2) is 15.8 Å². The monoisotopic (exact) mass is 207 g/mol. The van der Waals surface area contributed by atoms with E-state index in [-0.39, 0.29) is 6.04 Å². The minimum Gasteiger partial charge on any atom is -0.328 e. The second-order valence-corrected chi connectivity index (χ2v) is 4.87. The Morgan fingerprint density at radius 1 is 1.53 bits per heavy atom. The second kappa shape index (κ2) is 4.35. The molecule has 1 aromatic heterocycles. The van der Waals surface area contributed by atoms with Gasteiger partial charge < -0.3 is 5.73 Å². The van der Waals surface area contributed by atoms with Crippen molar-refractivity contribution in [1.82, 2.24) is 9.78 Å². The van der Waals surface area contributed by atoms with Gasteiger partial charge in [0, 0.05) is 25.7 Å². The van der Waals surface area contributed by atoms with Crippen molar-refractivity contribution in [3.8, 4) is 0 Å². The van der Waals surface area contributed by atoms with Crippen LogP contribution < -0.4 is 5.73 Å².